The molecule has 3 nitrogen and oxygen atoms in total. The first-order chi connectivity index (χ1) is 9.56. The Morgan fingerprint density at radius 1 is 0.682 bits per heavy atom. The molecule has 0 aliphatic heterocycles. The predicted octanol–water partition coefficient (Wildman–Crippen LogP) is -0.867. The Bertz CT molecular complexity index is 304. The van der Waals surface area contributed by atoms with Crippen molar-refractivity contribution < 1.29 is 95.3 Å². The molecule has 0 saturated heterocycles. The first kappa shape index (κ1) is 29.3. The molecule has 0 aromatic rings. The van der Waals surface area contributed by atoms with E-state index in [0.717, 1.165) is 12.8 Å². The molecule has 0 bridgehead atoms. The van der Waals surface area contributed by atoms with Crippen molar-refractivity contribution in [2.24, 2.45) is 0 Å². The Morgan fingerprint density at radius 3 is 1.23 bits per heavy atom. The summed E-state index contributed by atoms with van der Waals surface area (Å²) in [6, 6.07) is 0. The van der Waals surface area contributed by atoms with Crippen molar-refractivity contribution in [1.82, 2.24) is 0 Å². The molecule has 0 aromatic heterocycles. The molecule has 0 radical (unpaired) electrons. The number of hydrogen-bond acceptors (Lipinski definition) is 3. The van der Waals surface area contributed by atoms with Crippen LogP contribution in [0, 0.1) is 0 Å². The minimum atomic E-state index is -3.99. The second-order valence-electron chi connectivity index (χ2n) is 5.86. The molecule has 0 aromatic carbocycles. The number of rotatable bonds is 15. The summed E-state index contributed by atoms with van der Waals surface area (Å²) in [6.07, 6.45) is 17.2. The van der Waals surface area contributed by atoms with Gasteiger partial charge in [0.15, 0.2) is 0 Å². The number of hydrogen-bond donors (Lipinski definition) is 0. The summed E-state index contributed by atoms with van der Waals surface area (Å²) in [5, 5.41) is 0. The molecule has 0 atom stereocenters. The van der Waals surface area contributed by atoms with Gasteiger partial charge in [0.25, 0.3) is 0 Å². The van der Waals surface area contributed by atoms with Gasteiger partial charge in [0, 0.05) is 5.75 Å². The maximum atomic E-state index is 10.4. The average Bonchev–Trinajstić information content (AvgIpc) is 2.38. The van der Waals surface area contributed by atoms with Crippen LogP contribution in [0.3, 0.4) is 0 Å². The molecule has 0 aliphatic carbocycles. The van der Waals surface area contributed by atoms with Gasteiger partial charge >= 0.3 is 80.9 Å². The van der Waals surface area contributed by atoms with Crippen molar-refractivity contribution in [3.05, 3.63) is 0 Å². The Kier molecular flexibility index (Phi) is 28.8. The Labute approximate surface area is 205 Å². The van der Waals surface area contributed by atoms with E-state index >= 15 is 0 Å². The van der Waals surface area contributed by atoms with Crippen molar-refractivity contribution >= 4 is 10.1 Å². The van der Waals surface area contributed by atoms with Crippen LogP contribution < -0.4 is 80.9 Å². The fraction of sp³-hybridized carbons (Fsp3) is 1.00. The Morgan fingerprint density at radius 2 is 0.955 bits per heavy atom. The maximum absolute atomic E-state index is 10.4. The summed E-state index contributed by atoms with van der Waals surface area (Å²) in [5.41, 5.74) is 0. The minimum absolute atomic E-state index is 0. The first-order valence-corrected chi connectivity index (χ1v) is 10.1. The third-order valence-corrected chi connectivity index (χ3v) is 4.54. The second kappa shape index (κ2) is 21.6. The van der Waals surface area contributed by atoms with E-state index in [1.807, 2.05) is 0 Å². The van der Waals surface area contributed by atoms with Crippen LogP contribution >= 0.6 is 0 Å². The second-order valence-corrected chi connectivity index (χ2v) is 7.38. The summed E-state index contributed by atoms with van der Waals surface area (Å²) in [7, 11) is -3.99. The van der Waals surface area contributed by atoms with Gasteiger partial charge in [-0.2, -0.15) is 0 Å². The molecule has 22 heavy (non-hydrogen) atoms. The van der Waals surface area contributed by atoms with E-state index in [1.54, 1.807) is 0 Å². The fourth-order valence-corrected chi connectivity index (χ4v) is 3.03. The monoisotopic (exact) mass is 368 g/mol. The van der Waals surface area contributed by atoms with Crippen LogP contribution in [0.5, 0.6) is 0 Å². The standard InChI is InChI=1S/C16H34O3S.K.Na.H/c1-2-3-4-5-6-7-8-9-10-11-12-13-14-15-16-20(17,18)19;;;/h2-16H2,1H3,(H,17,18,19);;;/q;2*+1;-1/p-1. The Hall–Kier alpha value is 2.55. The third kappa shape index (κ3) is 27.4. The van der Waals surface area contributed by atoms with Crippen LogP contribution in [0.4, 0.5) is 0 Å². The summed E-state index contributed by atoms with van der Waals surface area (Å²) in [5.74, 6) is -0.189. The number of unbranched alkanes of at least 4 members (excludes halogenated alkanes) is 13. The van der Waals surface area contributed by atoms with E-state index in [1.165, 1.54) is 70.6 Å². The van der Waals surface area contributed by atoms with Crippen molar-refractivity contribution in [3.63, 3.8) is 0 Å². The van der Waals surface area contributed by atoms with E-state index in [4.69, 9.17) is 0 Å². The van der Waals surface area contributed by atoms with Crippen LogP contribution in [0.2, 0.25) is 0 Å². The summed E-state index contributed by atoms with van der Waals surface area (Å²) in [6.45, 7) is 2.25. The average molecular weight is 369 g/mol. The molecule has 0 heterocycles. The quantitative estimate of drug-likeness (QED) is 0.215. The van der Waals surface area contributed by atoms with Gasteiger partial charge in [-0.1, -0.05) is 90.4 Å². The van der Waals surface area contributed by atoms with Crippen molar-refractivity contribution in [3.8, 4) is 0 Å². The van der Waals surface area contributed by atoms with Gasteiger partial charge in [-0.3, -0.25) is 0 Å². The van der Waals surface area contributed by atoms with E-state index in [2.05, 4.69) is 6.92 Å². The van der Waals surface area contributed by atoms with Crippen LogP contribution in [0.25, 0.3) is 0 Å². The van der Waals surface area contributed by atoms with Gasteiger partial charge in [0.2, 0.25) is 0 Å². The fourth-order valence-electron chi connectivity index (χ4n) is 2.47. The zero-order chi connectivity index (χ0) is 15.1. The van der Waals surface area contributed by atoms with E-state index in [-0.39, 0.29) is 88.1 Å². The molecule has 0 fully saturated rings. The molecule has 0 saturated carbocycles. The molecular formula is C16H34KNaO3S. The van der Waals surface area contributed by atoms with Gasteiger partial charge in [-0.15, -0.1) is 0 Å². The molecule has 0 N–H and O–H groups in total. The SMILES string of the molecule is CCCCCCCCCCCCCCCCS(=O)(=O)[O-].[H-].[K+].[Na+]. The van der Waals surface area contributed by atoms with Crippen molar-refractivity contribution in [2.75, 3.05) is 5.75 Å². The van der Waals surface area contributed by atoms with Gasteiger partial charge in [-0.25, -0.2) is 8.42 Å². The molecule has 124 valence electrons. The molecule has 0 spiro atoms. The molecule has 0 unspecified atom stereocenters. The third-order valence-electron chi connectivity index (χ3n) is 3.75. The topological polar surface area (TPSA) is 57.2 Å². The van der Waals surface area contributed by atoms with E-state index in [0.29, 0.717) is 6.42 Å². The van der Waals surface area contributed by atoms with Crippen LogP contribution in [0.1, 0.15) is 98.2 Å². The normalized spacial score (nSPS) is 10.8. The van der Waals surface area contributed by atoms with Crippen LogP contribution in [-0.4, -0.2) is 18.7 Å². The van der Waals surface area contributed by atoms with Gasteiger partial charge in [-0.05, 0) is 6.42 Å². The first-order valence-electron chi connectivity index (χ1n) is 8.50. The van der Waals surface area contributed by atoms with E-state index < -0.39 is 10.1 Å². The zero-order valence-corrected chi connectivity index (χ0v) is 21.2. The smallest absolute Gasteiger partial charge is 1.00 e. The van der Waals surface area contributed by atoms with Crippen molar-refractivity contribution in [2.45, 2.75) is 96.8 Å². The molecule has 0 rings (SSSR count). The maximum Gasteiger partial charge on any atom is 1.00 e. The van der Waals surface area contributed by atoms with E-state index in [9.17, 15) is 13.0 Å². The summed E-state index contributed by atoms with van der Waals surface area (Å²) >= 11 is 0. The minimum Gasteiger partial charge on any atom is -1.00 e. The molecule has 0 amide bonds. The van der Waals surface area contributed by atoms with Gasteiger partial charge in [0.05, 0.1) is 10.1 Å². The molecule has 0 aliphatic rings. The van der Waals surface area contributed by atoms with Crippen LogP contribution in [0.15, 0.2) is 0 Å². The molecule has 6 heteroatoms. The van der Waals surface area contributed by atoms with Crippen LogP contribution in [-0.2, 0) is 10.1 Å². The molecular weight excluding hydrogens is 334 g/mol. The summed E-state index contributed by atoms with van der Waals surface area (Å²) in [4.78, 5) is 0. The Balaban J connectivity index is -0.000000602. The van der Waals surface area contributed by atoms with Gasteiger partial charge in [0.1, 0.15) is 0 Å². The largest absolute Gasteiger partial charge is 1.00 e. The van der Waals surface area contributed by atoms with Gasteiger partial charge < -0.3 is 5.98 Å². The zero-order valence-electron chi connectivity index (χ0n) is 16.2. The summed E-state index contributed by atoms with van der Waals surface area (Å²) < 4.78 is 31.2. The van der Waals surface area contributed by atoms with Crippen molar-refractivity contribution in [1.29, 1.82) is 0 Å². The predicted molar refractivity (Wildman–Crippen MR) is 86.0 cm³/mol.